The molecule has 8 heteroatoms. The number of para-hydroxylation sites is 6. The van der Waals surface area contributed by atoms with Gasteiger partial charge in [0.1, 0.15) is 23.0 Å². The zero-order chi connectivity index (χ0) is 40.2. The van der Waals surface area contributed by atoms with Gasteiger partial charge in [0.15, 0.2) is 0 Å². The fourth-order valence-corrected chi connectivity index (χ4v) is 11.8. The van der Waals surface area contributed by atoms with Crippen molar-refractivity contribution >= 4 is 120 Å². The van der Waals surface area contributed by atoms with Crippen LogP contribution in [-0.2, 0) is 0 Å². The van der Waals surface area contributed by atoms with Crippen LogP contribution in [0.25, 0.3) is 0 Å². The van der Waals surface area contributed by atoms with E-state index in [0.717, 1.165) is 51.4 Å². The van der Waals surface area contributed by atoms with Gasteiger partial charge < -0.3 is 24.2 Å². The third-order valence-corrected chi connectivity index (χ3v) is 14.1. The molecule has 0 aromatic heterocycles. The van der Waals surface area contributed by atoms with Crippen molar-refractivity contribution in [2.75, 3.05) is 14.7 Å². The molecule has 0 saturated carbocycles. The first kappa shape index (κ1) is 33.0. The minimum absolute atomic E-state index is 0.0304. The first-order chi connectivity index (χ1) is 30.8. The van der Waals surface area contributed by atoms with Gasteiger partial charge in [-0.15, -0.1) is 0 Å². The molecule has 5 nitrogen and oxygen atoms in total. The molecule has 0 aliphatic carbocycles. The Labute approximate surface area is 360 Å². The van der Waals surface area contributed by atoms with E-state index in [1.54, 1.807) is 0 Å². The van der Waals surface area contributed by atoms with Crippen molar-refractivity contribution in [1.82, 2.24) is 0 Å². The van der Waals surface area contributed by atoms with E-state index in [-0.39, 0.29) is 20.1 Å². The van der Waals surface area contributed by atoms with Gasteiger partial charge in [0.05, 0.1) is 0 Å². The van der Waals surface area contributed by atoms with Gasteiger partial charge in [0.25, 0.3) is 20.1 Å². The van der Waals surface area contributed by atoms with Crippen molar-refractivity contribution < 1.29 is 9.47 Å². The Morgan fingerprint density at radius 1 is 0.274 bits per heavy atom. The molecular weight excluding hydrogens is 755 g/mol. The Kier molecular flexibility index (Phi) is 6.34. The minimum Gasteiger partial charge on any atom is -0.458 e. The van der Waals surface area contributed by atoms with Crippen LogP contribution in [0.1, 0.15) is 0 Å². The summed E-state index contributed by atoms with van der Waals surface area (Å²) in [6.07, 6.45) is 0. The average Bonchev–Trinajstić information content (AvgIpc) is 3.33. The van der Waals surface area contributed by atoms with E-state index < -0.39 is 0 Å². The summed E-state index contributed by atoms with van der Waals surface area (Å²) in [6, 6.07) is 70.8. The van der Waals surface area contributed by atoms with E-state index in [1.165, 1.54) is 71.9 Å². The molecule has 6 aliphatic heterocycles. The maximum atomic E-state index is 7.48. The smallest absolute Gasteiger partial charge is 0.256 e. The summed E-state index contributed by atoms with van der Waals surface area (Å²) in [5, 5.41) is 0. The SMILES string of the molecule is c1ccc(N2c3cc4c(cc3B3c5ccccc5Oc5cccc2c53)B2c3ccccc3N3c5ccccc5B5c6ccccc6N(c6ccccc6)c6cc(c2c3c65)O4)cc1. The van der Waals surface area contributed by atoms with Gasteiger partial charge in [-0.2, -0.15) is 0 Å². The molecule has 6 aliphatic rings. The number of rotatable bonds is 2. The van der Waals surface area contributed by atoms with Crippen molar-refractivity contribution in [3.8, 4) is 23.0 Å². The second-order valence-corrected chi connectivity index (χ2v) is 17.1. The number of anilines is 9. The summed E-state index contributed by atoms with van der Waals surface area (Å²) in [7, 11) is 0. The molecule has 0 fully saturated rings. The van der Waals surface area contributed by atoms with Crippen LogP contribution in [0.3, 0.4) is 0 Å². The molecule has 0 bridgehead atoms. The molecule has 0 N–H and O–H groups in total. The van der Waals surface area contributed by atoms with Crippen molar-refractivity contribution in [2.24, 2.45) is 0 Å². The second kappa shape index (κ2) is 11.9. The summed E-state index contributed by atoms with van der Waals surface area (Å²) in [4.78, 5) is 7.41. The number of hydrogen-bond acceptors (Lipinski definition) is 5. The first-order valence-corrected chi connectivity index (χ1v) is 21.5. The predicted molar refractivity (Wildman–Crippen MR) is 257 cm³/mol. The molecule has 0 amide bonds. The zero-order valence-electron chi connectivity index (χ0n) is 33.4. The summed E-state index contributed by atoms with van der Waals surface area (Å²) >= 11 is 0. The monoisotopic (exact) mass is 787 g/mol. The largest absolute Gasteiger partial charge is 0.458 e. The zero-order valence-corrected chi connectivity index (χ0v) is 33.4. The standard InChI is InChI=1S/C54H32B3N3O2/c1-3-16-33(17-4-1)58-41-24-11-7-20-35(41)55-36-21-8-12-25-42(36)60-43-26-13-9-22-37(43)56-40-30-39-45(31-49(40)62-50-32-46(58)52(55)54(60)53(50)56)59(34-18-5-2-6-19-34)44-27-15-29-48-51(44)57(39)38-23-10-14-28-47(38)61-48/h1-32H. The number of hydrogen-bond donors (Lipinski definition) is 0. The van der Waals surface area contributed by atoms with Crippen LogP contribution in [-0.4, -0.2) is 20.1 Å². The highest BCUT2D eigenvalue weighted by Gasteiger charge is 2.52. The molecule has 62 heavy (non-hydrogen) atoms. The van der Waals surface area contributed by atoms with Crippen molar-refractivity contribution in [3.63, 3.8) is 0 Å². The van der Waals surface area contributed by atoms with E-state index in [2.05, 4.69) is 209 Å². The quantitative estimate of drug-likeness (QED) is 0.175. The molecule has 15 rings (SSSR count). The van der Waals surface area contributed by atoms with Gasteiger partial charge in [-0.25, -0.2) is 0 Å². The third kappa shape index (κ3) is 4.12. The van der Waals surface area contributed by atoms with Crippen LogP contribution in [0.15, 0.2) is 194 Å². The normalized spacial score (nSPS) is 14.5. The van der Waals surface area contributed by atoms with Gasteiger partial charge in [-0.3, -0.25) is 0 Å². The van der Waals surface area contributed by atoms with Gasteiger partial charge in [-0.05, 0) is 110 Å². The molecule has 0 atom stereocenters. The number of ether oxygens (including phenoxy) is 2. The summed E-state index contributed by atoms with van der Waals surface area (Å²) < 4.78 is 14.2. The highest BCUT2D eigenvalue weighted by molar-refractivity contribution is 7.05. The fourth-order valence-electron chi connectivity index (χ4n) is 11.8. The highest BCUT2D eigenvalue weighted by Crippen LogP contribution is 2.49. The van der Waals surface area contributed by atoms with Gasteiger partial charge in [-0.1, -0.05) is 121 Å². The van der Waals surface area contributed by atoms with Gasteiger partial charge in [0.2, 0.25) is 0 Å². The summed E-state index contributed by atoms with van der Waals surface area (Å²) in [5.74, 6) is 3.59. The van der Waals surface area contributed by atoms with Crippen LogP contribution in [0.2, 0.25) is 0 Å². The maximum Gasteiger partial charge on any atom is 0.256 e. The summed E-state index contributed by atoms with van der Waals surface area (Å²) in [5.41, 5.74) is 21.7. The molecule has 0 unspecified atom stereocenters. The Balaban J connectivity index is 1.05. The van der Waals surface area contributed by atoms with E-state index in [0.29, 0.717) is 0 Å². The Bertz CT molecular complexity index is 3420. The van der Waals surface area contributed by atoms with Crippen molar-refractivity contribution in [2.45, 2.75) is 0 Å². The fraction of sp³-hybridized carbons (Fsp3) is 0. The molecule has 284 valence electrons. The molecule has 0 radical (unpaired) electrons. The van der Waals surface area contributed by atoms with E-state index >= 15 is 0 Å². The topological polar surface area (TPSA) is 28.2 Å². The lowest BCUT2D eigenvalue weighted by atomic mass is 9.28. The molecule has 0 saturated heterocycles. The van der Waals surface area contributed by atoms with E-state index in [1.807, 2.05) is 0 Å². The lowest BCUT2D eigenvalue weighted by Gasteiger charge is -2.49. The second-order valence-electron chi connectivity index (χ2n) is 17.1. The number of fused-ring (bicyclic) bond motifs is 14. The Morgan fingerprint density at radius 3 is 1.44 bits per heavy atom. The third-order valence-electron chi connectivity index (χ3n) is 14.1. The molecule has 9 aromatic carbocycles. The molecule has 6 heterocycles. The number of nitrogens with zero attached hydrogens (tertiary/aromatic N) is 3. The molecule has 0 spiro atoms. The van der Waals surface area contributed by atoms with E-state index in [9.17, 15) is 0 Å². The van der Waals surface area contributed by atoms with Gasteiger partial charge >= 0.3 is 0 Å². The predicted octanol–water partition coefficient (Wildman–Crippen LogP) is 7.11. The lowest BCUT2D eigenvalue weighted by molar-refractivity contribution is 0.487. The van der Waals surface area contributed by atoms with Gasteiger partial charge in [0, 0.05) is 63.3 Å². The van der Waals surface area contributed by atoms with Crippen molar-refractivity contribution in [3.05, 3.63) is 194 Å². The van der Waals surface area contributed by atoms with Crippen LogP contribution in [0.5, 0.6) is 23.0 Å². The molecule has 9 aromatic rings. The van der Waals surface area contributed by atoms with Crippen molar-refractivity contribution in [1.29, 1.82) is 0 Å². The Hall–Kier alpha value is -7.83. The summed E-state index contributed by atoms with van der Waals surface area (Å²) in [6.45, 7) is -0.0629. The first-order valence-electron chi connectivity index (χ1n) is 21.5. The maximum absolute atomic E-state index is 7.48. The van der Waals surface area contributed by atoms with E-state index in [4.69, 9.17) is 9.47 Å². The van der Waals surface area contributed by atoms with Crippen LogP contribution in [0.4, 0.5) is 51.2 Å². The van der Waals surface area contributed by atoms with Crippen LogP contribution < -0.4 is 73.3 Å². The average molecular weight is 787 g/mol. The van der Waals surface area contributed by atoms with Crippen LogP contribution >= 0.6 is 0 Å². The van der Waals surface area contributed by atoms with Crippen LogP contribution in [0, 0.1) is 0 Å². The lowest BCUT2D eigenvalue weighted by Crippen LogP contribution is -2.68. The Morgan fingerprint density at radius 2 is 0.758 bits per heavy atom. The number of benzene rings is 9. The minimum atomic E-state index is -0.0723. The highest BCUT2D eigenvalue weighted by atomic mass is 16.5. The molecular formula is C54H32B3N3O2.